The number of hydrogen-bond acceptors (Lipinski definition) is 4. The Balaban J connectivity index is 2.08. The summed E-state index contributed by atoms with van der Waals surface area (Å²) >= 11 is 0. The van der Waals surface area contributed by atoms with Gasteiger partial charge in [-0.2, -0.15) is 0 Å². The van der Waals surface area contributed by atoms with Crippen LogP contribution in [0.5, 0.6) is 0 Å². The fourth-order valence-corrected chi connectivity index (χ4v) is 2.82. The third-order valence-corrected chi connectivity index (χ3v) is 3.94. The summed E-state index contributed by atoms with van der Waals surface area (Å²) in [7, 11) is 1.90. The second-order valence-electron chi connectivity index (χ2n) is 5.25. The Labute approximate surface area is 113 Å². The molecule has 19 heavy (non-hydrogen) atoms. The molecule has 0 radical (unpaired) electrons. The zero-order chi connectivity index (χ0) is 13.2. The van der Waals surface area contributed by atoms with Gasteiger partial charge in [-0.25, -0.2) is 9.97 Å². The molecule has 102 valence electrons. The second kappa shape index (κ2) is 5.07. The van der Waals surface area contributed by atoms with Crippen LogP contribution >= 0.6 is 0 Å². The normalized spacial score (nSPS) is 20.5. The number of fused-ring (bicyclic) bond motifs is 1. The zero-order valence-electron chi connectivity index (χ0n) is 11.6. The van der Waals surface area contributed by atoms with Crippen molar-refractivity contribution in [3.8, 4) is 0 Å². The molecule has 2 aromatic heterocycles. The first-order chi connectivity index (χ1) is 9.29. The van der Waals surface area contributed by atoms with Crippen LogP contribution in [0, 0.1) is 0 Å². The number of imidazole rings is 1. The van der Waals surface area contributed by atoms with Crippen molar-refractivity contribution in [2.24, 2.45) is 0 Å². The Kier molecular flexibility index (Phi) is 3.27. The summed E-state index contributed by atoms with van der Waals surface area (Å²) in [5, 5.41) is 3.13. The summed E-state index contributed by atoms with van der Waals surface area (Å²) in [4.78, 5) is 11.6. The lowest BCUT2D eigenvalue weighted by Crippen LogP contribution is -2.33. The highest BCUT2D eigenvalue weighted by molar-refractivity contribution is 5.67. The largest absolute Gasteiger partial charge is 0.372 e. The predicted octanol–water partition coefficient (Wildman–Crippen LogP) is 2.54. The summed E-state index contributed by atoms with van der Waals surface area (Å²) in [6.07, 6.45) is 10.9. The van der Waals surface area contributed by atoms with Gasteiger partial charge in [0, 0.05) is 32.0 Å². The molecule has 0 amide bonds. The van der Waals surface area contributed by atoms with Crippen molar-refractivity contribution in [2.45, 2.75) is 38.6 Å². The summed E-state index contributed by atoms with van der Waals surface area (Å²) in [6, 6.07) is 0.530. The van der Waals surface area contributed by atoms with E-state index in [1.165, 1.54) is 25.7 Å². The van der Waals surface area contributed by atoms with Crippen molar-refractivity contribution in [1.29, 1.82) is 0 Å². The van der Waals surface area contributed by atoms with Gasteiger partial charge in [-0.3, -0.25) is 0 Å². The van der Waals surface area contributed by atoms with Crippen molar-refractivity contribution in [3.63, 3.8) is 0 Å². The van der Waals surface area contributed by atoms with Crippen LogP contribution < -0.4 is 10.2 Å². The molecule has 1 atom stereocenters. The van der Waals surface area contributed by atoms with E-state index in [4.69, 9.17) is 4.98 Å². The molecule has 5 heteroatoms. The van der Waals surface area contributed by atoms with E-state index in [1.54, 1.807) is 0 Å². The first-order valence-corrected chi connectivity index (χ1v) is 7.07. The highest BCUT2D eigenvalue weighted by Crippen LogP contribution is 2.26. The van der Waals surface area contributed by atoms with Crippen LogP contribution in [0.4, 0.5) is 11.6 Å². The van der Waals surface area contributed by atoms with E-state index in [0.717, 1.165) is 23.8 Å². The maximum absolute atomic E-state index is 4.74. The number of hydrogen-bond donors (Lipinski definition) is 1. The molecular weight excluding hydrogens is 238 g/mol. The first-order valence-electron chi connectivity index (χ1n) is 7.07. The summed E-state index contributed by atoms with van der Waals surface area (Å²) in [5.74, 6) is 1.89. The predicted molar refractivity (Wildman–Crippen MR) is 77.8 cm³/mol. The van der Waals surface area contributed by atoms with Gasteiger partial charge in [0.25, 0.3) is 0 Å². The van der Waals surface area contributed by atoms with Crippen molar-refractivity contribution >= 4 is 17.3 Å². The molecule has 1 fully saturated rings. The lowest BCUT2D eigenvalue weighted by molar-refractivity contribution is 0.611. The Bertz CT molecular complexity index is 562. The molecule has 0 spiro atoms. The lowest BCUT2D eigenvalue weighted by atomic mass is 10.1. The molecule has 3 heterocycles. The second-order valence-corrected chi connectivity index (χ2v) is 5.25. The highest BCUT2D eigenvalue weighted by atomic mass is 15.3. The Morgan fingerprint density at radius 1 is 1.32 bits per heavy atom. The minimum absolute atomic E-state index is 0.530. The topological polar surface area (TPSA) is 45.5 Å². The van der Waals surface area contributed by atoms with Gasteiger partial charge in [0.05, 0.1) is 6.20 Å². The SMILES string of the molecule is CNc1cn2ccnc2c(N2CCCCCC2C)n1. The molecule has 1 unspecified atom stereocenters. The molecule has 1 aliphatic heterocycles. The van der Waals surface area contributed by atoms with Crippen LogP contribution in [0.15, 0.2) is 18.6 Å². The monoisotopic (exact) mass is 259 g/mol. The summed E-state index contributed by atoms with van der Waals surface area (Å²) in [5.41, 5.74) is 0.952. The van der Waals surface area contributed by atoms with Gasteiger partial charge in [-0.05, 0) is 19.8 Å². The van der Waals surface area contributed by atoms with Gasteiger partial charge in [0.2, 0.25) is 0 Å². The van der Waals surface area contributed by atoms with Crippen LogP contribution in [0.1, 0.15) is 32.6 Å². The van der Waals surface area contributed by atoms with E-state index < -0.39 is 0 Å². The average molecular weight is 259 g/mol. The quantitative estimate of drug-likeness (QED) is 0.900. The van der Waals surface area contributed by atoms with Gasteiger partial charge < -0.3 is 14.6 Å². The van der Waals surface area contributed by atoms with Gasteiger partial charge in [0.15, 0.2) is 11.5 Å². The third-order valence-electron chi connectivity index (χ3n) is 3.94. The molecule has 1 saturated heterocycles. The van der Waals surface area contributed by atoms with Crippen LogP contribution in [0.25, 0.3) is 5.65 Å². The fraction of sp³-hybridized carbons (Fsp3) is 0.571. The van der Waals surface area contributed by atoms with Gasteiger partial charge in [-0.1, -0.05) is 12.8 Å². The third kappa shape index (κ3) is 2.25. The Morgan fingerprint density at radius 2 is 2.21 bits per heavy atom. The number of nitrogens with one attached hydrogen (secondary N) is 1. The number of anilines is 2. The number of nitrogens with zero attached hydrogens (tertiary/aromatic N) is 4. The lowest BCUT2D eigenvalue weighted by Gasteiger charge is -2.28. The molecule has 3 rings (SSSR count). The van der Waals surface area contributed by atoms with Crippen LogP contribution in [-0.2, 0) is 0 Å². The van der Waals surface area contributed by atoms with E-state index in [-0.39, 0.29) is 0 Å². The molecule has 0 saturated carbocycles. The Hall–Kier alpha value is -1.78. The minimum atomic E-state index is 0.530. The van der Waals surface area contributed by atoms with E-state index in [9.17, 15) is 0 Å². The highest BCUT2D eigenvalue weighted by Gasteiger charge is 2.21. The van der Waals surface area contributed by atoms with Gasteiger partial charge in [0.1, 0.15) is 5.82 Å². The fourth-order valence-electron chi connectivity index (χ4n) is 2.82. The van der Waals surface area contributed by atoms with Crippen LogP contribution in [0.2, 0.25) is 0 Å². The molecule has 1 N–H and O–H groups in total. The smallest absolute Gasteiger partial charge is 0.180 e. The van der Waals surface area contributed by atoms with Crippen LogP contribution in [0.3, 0.4) is 0 Å². The van der Waals surface area contributed by atoms with Gasteiger partial charge >= 0.3 is 0 Å². The van der Waals surface area contributed by atoms with E-state index in [0.29, 0.717) is 6.04 Å². The molecule has 0 aliphatic carbocycles. The van der Waals surface area contributed by atoms with Crippen molar-refractivity contribution in [2.75, 3.05) is 23.8 Å². The summed E-state index contributed by atoms with van der Waals surface area (Å²) in [6.45, 7) is 3.36. The van der Waals surface area contributed by atoms with Gasteiger partial charge in [-0.15, -0.1) is 0 Å². The molecular formula is C14H21N5. The zero-order valence-corrected chi connectivity index (χ0v) is 11.6. The number of aromatic nitrogens is 3. The standard InChI is InChI=1S/C14H21N5/c1-11-6-4-3-5-8-19(11)14-13-16-7-9-18(13)10-12(15-2)17-14/h7,9-11,15H,3-6,8H2,1-2H3. The Morgan fingerprint density at radius 3 is 3.05 bits per heavy atom. The molecule has 1 aliphatic rings. The van der Waals surface area contributed by atoms with E-state index >= 15 is 0 Å². The summed E-state index contributed by atoms with van der Waals surface area (Å²) < 4.78 is 2.05. The van der Waals surface area contributed by atoms with Crippen molar-refractivity contribution in [3.05, 3.63) is 18.6 Å². The van der Waals surface area contributed by atoms with Crippen LogP contribution in [-0.4, -0.2) is 34.0 Å². The molecule has 5 nitrogen and oxygen atoms in total. The molecule has 0 bridgehead atoms. The average Bonchev–Trinajstić information content (AvgIpc) is 2.80. The van der Waals surface area contributed by atoms with E-state index in [1.807, 2.05) is 30.0 Å². The minimum Gasteiger partial charge on any atom is -0.372 e. The maximum atomic E-state index is 4.74. The first kappa shape index (κ1) is 12.3. The maximum Gasteiger partial charge on any atom is 0.180 e. The van der Waals surface area contributed by atoms with Crippen molar-refractivity contribution < 1.29 is 0 Å². The molecule has 2 aromatic rings. The van der Waals surface area contributed by atoms with Crippen molar-refractivity contribution in [1.82, 2.24) is 14.4 Å². The molecule has 0 aromatic carbocycles. The number of rotatable bonds is 2. The van der Waals surface area contributed by atoms with E-state index in [2.05, 4.69) is 22.1 Å².